The molecule has 0 unspecified atom stereocenters. The molecule has 146 valence electrons. The number of para-hydroxylation sites is 1. The van der Waals surface area contributed by atoms with E-state index >= 15 is 0 Å². The van der Waals surface area contributed by atoms with Crippen LogP contribution in [0.4, 0.5) is 10.5 Å². The highest BCUT2D eigenvalue weighted by atomic mass is 16.2. The van der Waals surface area contributed by atoms with Crippen LogP contribution in [0.3, 0.4) is 0 Å². The molecule has 0 saturated carbocycles. The highest BCUT2D eigenvalue weighted by Gasteiger charge is 2.28. The van der Waals surface area contributed by atoms with Crippen molar-refractivity contribution in [3.05, 3.63) is 77.6 Å². The van der Waals surface area contributed by atoms with E-state index in [0.29, 0.717) is 11.4 Å². The summed E-state index contributed by atoms with van der Waals surface area (Å²) in [6.07, 6.45) is 0. The molecule has 4 rings (SSSR count). The van der Waals surface area contributed by atoms with Gasteiger partial charge in [-0.3, -0.25) is 14.5 Å². The zero-order valence-electron chi connectivity index (χ0n) is 15.8. The standard InChI is InChI=1S/C21H19N5O3/c1-14-10-18(24-26(14)17-8-3-2-4-9-17)20(28)23-16-7-5-6-15(11-16)13-25-19(27)12-22-21(25)29/h2-11H,12-13H2,1H3,(H,22,29)(H,23,28). The minimum Gasteiger partial charge on any atom is -0.329 e. The zero-order valence-corrected chi connectivity index (χ0v) is 15.8. The molecule has 1 aliphatic heterocycles. The van der Waals surface area contributed by atoms with E-state index in [1.807, 2.05) is 37.3 Å². The molecule has 1 saturated heterocycles. The van der Waals surface area contributed by atoms with E-state index in [4.69, 9.17) is 0 Å². The van der Waals surface area contributed by atoms with Gasteiger partial charge in [0.25, 0.3) is 5.91 Å². The normalized spacial score (nSPS) is 13.5. The van der Waals surface area contributed by atoms with Gasteiger partial charge < -0.3 is 10.6 Å². The van der Waals surface area contributed by atoms with Crippen LogP contribution in [0.1, 0.15) is 21.7 Å². The number of rotatable bonds is 5. The van der Waals surface area contributed by atoms with Crippen LogP contribution in [0.5, 0.6) is 0 Å². The zero-order chi connectivity index (χ0) is 20.4. The number of urea groups is 1. The third-order valence-electron chi connectivity index (χ3n) is 4.58. The summed E-state index contributed by atoms with van der Waals surface area (Å²) in [5, 5.41) is 9.71. The number of hydrogen-bond donors (Lipinski definition) is 2. The number of hydrogen-bond acceptors (Lipinski definition) is 4. The fourth-order valence-corrected chi connectivity index (χ4v) is 3.16. The highest BCUT2D eigenvalue weighted by Crippen LogP contribution is 2.17. The van der Waals surface area contributed by atoms with Gasteiger partial charge in [-0.15, -0.1) is 0 Å². The molecule has 1 fully saturated rings. The first-order valence-corrected chi connectivity index (χ1v) is 9.12. The molecule has 8 nitrogen and oxygen atoms in total. The summed E-state index contributed by atoms with van der Waals surface area (Å²) in [5.41, 5.74) is 3.31. The van der Waals surface area contributed by atoms with E-state index in [1.165, 1.54) is 0 Å². The molecule has 2 heterocycles. The Morgan fingerprint density at radius 3 is 2.62 bits per heavy atom. The summed E-state index contributed by atoms with van der Waals surface area (Å²) in [6, 6.07) is 17.9. The van der Waals surface area contributed by atoms with Gasteiger partial charge in [0.1, 0.15) is 0 Å². The van der Waals surface area contributed by atoms with Crippen LogP contribution in [0.15, 0.2) is 60.7 Å². The average Bonchev–Trinajstić information content (AvgIpc) is 3.26. The maximum Gasteiger partial charge on any atom is 0.324 e. The molecule has 0 radical (unpaired) electrons. The van der Waals surface area contributed by atoms with Crippen molar-refractivity contribution in [3.63, 3.8) is 0 Å². The molecular weight excluding hydrogens is 370 g/mol. The second-order valence-electron chi connectivity index (χ2n) is 6.71. The lowest BCUT2D eigenvalue weighted by Gasteiger charge is -2.13. The van der Waals surface area contributed by atoms with Gasteiger partial charge in [0, 0.05) is 11.4 Å². The van der Waals surface area contributed by atoms with Gasteiger partial charge in [-0.25, -0.2) is 9.48 Å². The van der Waals surface area contributed by atoms with Crippen molar-refractivity contribution in [1.29, 1.82) is 0 Å². The van der Waals surface area contributed by atoms with Crippen LogP contribution in [0, 0.1) is 6.92 Å². The maximum absolute atomic E-state index is 12.7. The SMILES string of the molecule is Cc1cc(C(=O)Nc2cccc(CN3C(=O)CNC3=O)c2)nn1-c1ccccc1. The van der Waals surface area contributed by atoms with Gasteiger partial charge in [-0.1, -0.05) is 30.3 Å². The van der Waals surface area contributed by atoms with Crippen molar-refractivity contribution >= 4 is 23.5 Å². The number of aromatic nitrogens is 2. The van der Waals surface area contributed by atoms with Crippen LogP contribution in [-0.2, 0) is 11.3 Å². The second-order valence-corrected chi connectivity index (χ2v) is 6.71. The molecular formula is C21H19N5O3. The van der Waals surface area contributed by atoms with Crippen molar-refractivity contribution in [2.24, 2.45) is 0 Å². The predicted octanol–water partition coefficient (Wildman–Crippen LogP) is 2.48. The Balaban J connectivity index is 1.49. The first-order chi connectivity index (χ1) is 14.0. The minimum absolute atomic E-state index is 0.0126. The van der Waals surface area contributed by atoms with E-state index in [0.717, 1.165) is 21.8 Å². The summed E-state index contributed by atoms with van der Waals surface area (Å²) in [5.74, 6) is -0.610. The van der Waals surface area contributed by atoms with Crippen molar-refractivity contribution in [2.75, 3.05) is 11.9 Å². The fraction of sp³-hybridized carbons (Fsp3) is 0.143. The van der Waals surface area contributed by atoms with Crippen molar-refractivity contribution < 1.29 is 14.4 Å². The third kappa shape index (κ3) is 3.86. The van der Waals surface area contributed by atoms with Crippen LogP contribution in [-0.4, -0.2) is 39.1 Å². The number of amides is 4. The molecule has 0 atom stereocenters. The van der Waals surface area contributed by atoms with Gasteiger partial charge in [0.15, 0.2) is 5.69 Å². The molecule has 1 aromatic heterocycles. The molecule has 4 amide bonds. The Morgan fingerprint density at radius 1 is 1.10 bits per heavy atom. The summed E-state index contributed by atoms with van der Waals surface area (Å²) >= 11 is 0. The van der Waals surface area contributed by atoms with Crippen molar-refractivity contribution in [3.8, 4) is 5.69 Å². The van der Waals surface area contributed by atoms with Crippen LogP contribution >= 0.6 is 0 Å². The molecule has 1 aliphatic rings. The molecule has 0 aliphatic carbocycles. The number of nitrogens with zero attached hydrogens (tertiary/aromatic N) is 3. The number of aryl methyl sites for hydroxylation is 1. The monoisotopic (exact) mass is 389 g/mol. The van der Waals surface area contributed by atoms with Crippen LogP contribution < -0.4 is 10.6 Å². The number of carbonyl (C=O) groups is 3. The molecule has 29 heavy (non-hydrogen) atoms. The topological polar surface area (TPSA) is 96.3 Å². The summed E-state index contributed by atoms with van der Waals surface area (Å²) < 4.78 is 1.71. The number of benzene rings is 2. The average molecular weight is 389 g/mol. The Kier molecular flexibility index (Phi) is 4.82. The van der Waals surface area contributed by atoms with Gasteiger partial charge in [-0.2, -0.15) is 5.10 Å². The first kappa shape index (κ1) is 18.4. The van der Waals surface area contributed by atoms with E-state index in [1.54, 1.807) is 35.0 Å². The van der Waals surface area contributed by atoms with E-state index in [2.05, 4.69) is 15.7 Å². The number of nitrogens with one attached hydrogen (secondary N) is 2. The molecule has 3 aromatic rings. The van der Waals surface area contributed by atoms with Gasteiger partial charge in [0.05, 0.1) is 18.8 Å². The Bertz CT molecular complexity index is 1070. The maximum atomic E-state index is 12.7. The smallest absolute Gasteiger partial charge is 0.324 e. The molecule has 2 N–H and O–H groups in total. The molecule has 0 bridgehead atoms. The van der Waals surface area contributed by atoms with E-state index < -0.39 is 6.03 Å². The van der Waals surface area contributed by atoms with Crippen LogP contribution in [0.2, 0.25) is 0 Å². The number of anilines is 1. The van der Waals surface area contributed by atoms with Gasteiger partial charge >= 0.3 is 6.03 Å². The fourth-order valence-electron chi connectivity index (χ4n) is 3.16. The first-order valence-electron chi connectivity index (χ1n) is 9.12. The lowest BCUT2D eigenvalue weighted by molar-refractivity contribution is -0.125. The number of carbonyl (C=O) groups excluding carboxylic acids is 3. The van der Waals surface area contributed by atoms with Gasteiger partial charge in [0.2, 0.25) is 5.91 Å². The van der Waals surface area contributed by atoms with Crippen molar-refractivity contribution in [1.82, 2.24) is 20.0 Å². The number of imide groups is 1. The second kappa shape index (κ2) is 7.59. The largest absolute Gasteiger partial charge is 0.329 e. The van der Waals surface area contributed by atoms with Crippen molar-refractivity contribution in [2.45, 2.75) is 13.5 Å². The minimum atomic E-state index is -0.411. The predicted molar refractivity (Wildman–Crippen MR) is 107 cm³/mol. The van der Waals surface area contributed by atoms with E-state index in [-0.39, 0.29) is 24.9 Å². The van der Waals surface area contributed by atoms with Crippen LogP contribution in [0.25, 0.3) is 5.69 Å². The Labute approximate surface area is 167 Å². The summed E-state index contributed by atoms with van der Waals surface area (Å²) in [6.45, 7) is 2.05. The summed E-state index contributed by atoms with van der Waals surface area (Å²) in [4.78, 5) is 37.3. The summed E-state index contributed by atoms with van der Waals surface area (Å²) in [7, 11) is 0. The molecule has 0 spiro atoms. The quantitative estimate of drug-likeness (QED) is 0.655. The lowest BCUT2D eigenvalue weighted by atomic mass is 10.2. The lowest BCUT2D eigenvalue weighted by Crippen LogP contribution is -2.30. The van der Waals surface area contributed by atoms with Gasteiger partial charge in [-0.05, 0) is 42.8 Å². The Hall–Kier alpha value is -3.94. The van der Waals surface area contributed by atoms with E-state index in [9.17, 15) is 14.4 Å². The molecule has 2 aromatic carbocycles. The Morgan fingerprint density at radius 2 is 1.90 bits per heavy atom. The molecule has 8 heteroatoms. The third-order valence-corrected chi connectivity index (χ3v) is 4.58. The highest BCUT2D eigenvalue weighted by molar-refractivity contribution is 6.03.